The van der Waals surface area contributed by atoms with E-state index in [0.29, 0.717) is 0 Å². The highest BCUT2D eigenvalue weighted by Gasteiger charge is 2.03. The maximum atomic E-state index is 4.62. The van der Waals surface area contributed by atoms with Gasteiger partial charge in [-0.1, -0.05) is 26.0 Å². The first-order valence-corrected chi connectivity index (χ1v) is 8.65. The predicted molar refractivity (Wildman–Crippen MR) is 97.9 cm³/mol. The Morgan fingerprint density at radius 1 is 1.26 bits per heavy atom. The normalized spacial score (nSPS) is 12.1. The molecule has 0 saturated carbocycles. The van der Waals surface area contributed by atoms with Gasteiger partial charge in [-0.2, -0.15) is 0 Å². The number of aromatic amines is 1. The zero-order chi connectivity index (χ0) is 16.5. The number of rotatable bonds is 8. The Bertz CT molecular complexity index is 582. The van der Waals surface area contributed by atoms with Gasteiger partial charge >= 0.3 is 0 Å². The average molecular weight is 315 g/mol. The van der Waals surface area contributed by atoms with Gasteiger partial charge < -0.3 is 15.6 Å². The van der Waals surface area contributed by atoms with Gasteiger partial charge in [-0.15, -0.1) is 0 Å². The first-order chi connectivity index (χ1) is 11.2. The summed E-state index contributed by atoms with van der Waals surface area (Å²) in [4.78, 5) is 12.6. The van der Waals surface area contributed by atoms with Crippen LogP contribution < -0.4 is 10.6 Å². The lowest BCUT2D eigenvalue weighted by Crippen LogP contribution is -2.38. The molecular weight excluding hydrogens is 286 g/mol. The lowest BCUT2D eigenvalue weighted by Gasteiger charge is -2.11. The second kappa shape index (κ2) is 9.18. The Morgan fingerprint density at radius 2 is 2.09 bits per heavy atom. The van der Waals surface area contributed by atoms with Gasteiger partial charge in [-0.3, -0.25) is 4.99 Å². The van der Waals surface area contributed by atoms with Crippen molar-refractivity contribution in [1.29, 1.82) is 0 Å². The minimum absolute atomic E-state index is 0.744. The topological polar surface area (TPSA) is 65.1 Å². The van der Waals surface area contributed by atoms with E-state index in [-0.39, 0.29) is 0 Å². The van der Waals surface area contributed by atoms with Crippen LogP contribution in [0.5, 0.6) is 0 Å². The number of H-pyrrole nitrogens is 1. The molecule has 0 atom stereocenters. The maximum Gasteiger partial charge on any atom is 0.191 e. The molecule has 1 heterocycles. The summed E-state index contributed by atoms with van der Waals surface area (Å²) in [6.07, 6.45) is 3.21. The number of nitrogens with zero attached hydrogens (tertiary/aromatic N) is 2. The molecule has 0 radical (unpaired) electrons. The number of aromatic nitrogens is 2. The van der Waals surface area contributed by atoms with Gasteiger partial charge in [-0.25, -0.2) is 4.98 Å². The Balaban J connectivity index is 1.79. The first-order valence-electron chi connectivity index (χ1n) is 8.65. The van der Waals surface area contributed by atoms with Crippen LogP contribution >= 0.6 is 0 Å². The minimum Gasteiger partial charge on any atom is -0.357 e. The third-order valence-corrected chi connectivity index (χ3v) is 3.65. The van der Waals surface area contributed by atoms with Crippen LogP contribution in [0, 0.1) is 5.92 Å². The number of nitrogens with one attached hydrogen (secondary N) is 3. The zero-order valence-electron chi connectivity index (χ0n) is 14.5. The molecule has 5 nitrogen and oxygen atoms in total. The molecule has 0 aliphatic heterocycles. The van der Waals surface area contributed by atoms with Crippen LogP contribution in [0.15, 0.2) is 29.3 Å². The van der Waals surface area contributed by atoms with E-state index in [1.165, 1.54) is 6.42 Å². The van der Waals surface area contributed by atoms with Crippen molar-refractivity contribution in [2.75, 3.05) is 19.6 Å². The highest BCUT2D eigenvalue weighted by atomic mass is 15.2. The highest BCUT2D eigenvalue weighted by Crippen LogP contribution is 2.10. The van der Waals surface area contributed by atoms with Gasteiger partial charge in [-0.05, 0) is 37.8 Å². The average Bonchev–Trinajstić information content (AvgIpc) is 2.94. The Hall–Kier alpha value is -2.04. The third-order valence-electron chi connectivity index (χ3n) is 3.65. The summed E-state index contributed by atoms with van der Waals surface area (Å²) in [6.45, 7) is 9.15. The van der Waals surface area contributed by atoms with Gasteiger partial charge in [0, 0.05) is 26.1 Å². The van der Waals surface area contributed by atoms with E-state index in [9.17, 15) is 0 Å². The lowest BCUT2D eigenvalue weighted by atomic mass is 10.1. The van der Waals surface area contributed by atoms with Crippen LogP contribution in [0.25, 0.3) is 11.0 Å². The van der Waals surface area contributed by atoms with Crippen LogP contribution in [0.2, 0.25) is 0 Å². The third kappa shape index (κ3) is 5.93. The second-order valence-corrected chi connectivity index (χ2v) is 6.17. The molecule has 0 aliphatic rings. The number of para-hydroxylation sites is 2. The number of fused-ring (bicyclic) bond motifs is 1. The highest BCUT2D eigenvalue weighted by molar-refractivity contribution is 5.79. The molecule has 2 rings (SSSR count). The quantitative estimate of drug-likeness (QED) is 0.398. The molecule has 0 spiro atoms. The van der Waals surface area contributed by atoms with Gasteiger partial charge in [0.25, 0.3) is 0 Å². The van der Waals surface area contributed by atoms with Crippen molar-refractivity contribution < 1.29 is 0 Å². The number of hydrogen-bond acceptors (Lipinski definition) is 2. The van der Waals surface area contributed by atoms with E-state index < -0.39 is 0 Å². The summed E-state index contributed by atoms with van der Waals surface area (Å²) in [5.74, 6) is 2.65. The van der Waals surface area contributed by atoms with E-state index in [1.54, 1.807) is 0 Å². The van der Waals surface area contributed by atoms with Crippen molar-refractivity contribution in [2.45, 2.75) is 40.0 Å². The van der Waals surface area contributed by atoms with Crippen molar-refractivity contribution in [1.82, 2.24) is 20.6 Å². The van der Waals surface area contributed by atoms with Crippen molar-refractivity contribution in [3.8, 4) is 0 Å². The van der Waals surface area contributed by atoms with Gasteiger partial charge in [0.1, 0.15) is 5.82 Å². The summed E-state index contributed by atoms with van der Waals surface area (Å²) in [5.41, 5.74) is 2.12. The zero-order valence-corrected chi connectivity index (χ0v) is 14.5. The summed E-state index contributed by atoms with van der Waals surface area (Å²) in [6, 6.07) is 8.12. The largest absolute Gasteiger partial charge is 0.357 e. The van der Waals surface area contributed by atoms with Crippen molar-refractivity contribution in [3.63, 3.8) is 0 Å². The molecule has 23 heavy (non-hydrogen) atoms. The van der Waals surface area contributed by atoms with Crippen LogP contribution in [0.4, 0.5) is 0 Å². The summed E-state index contributed by atoms with van der Waals surface area (Å²) in [7, 11) is 0. The predicted octanol–water partition coefficient (Wildman–Crippen LogP) is 3.10. The van der Waals surface area contributed by atoms with E-state index in [2.05, 4.69) is 52.4 Å². The standard InChI is InChI=1S/C18H29N5/c1-4-19-18(20-12-7-8-14(2)3)21-13-11-17-22-15-9-5-6-10-16(15)23-17/h5-6,9-10,14H,4,7-8,11-13H2,1-3H3,(H,22,23)(H2,19,20,21). The number of guanidine groups is 1. The molecule has 0 bridgehead atoms. The summed E-state index contributed by atoms with van der Waals surface area (Å²) >= 11 is 0. The van der Waals surface area contributed by atoms with Gasteiger partial charge in [0.2, 0.25) is 0 Å². The Morgan fingerprint density at radius 3 is 2.83 bits per heavy atom. The van der Waals surface area contributed by atoms with Crippen LogP contribution in [0.3, 0.4) is 0 Å². The van der Waals surface area contributed by atoms with E-state index in [4.69, 9.17) is 0 Å². The Kier molecular flexibility index (Phi) is 6.91. The maximum absolute atomic E-state index is 4.62. The number of benzene rings is 1. The monoisotopic (exact) mass is 315 g/mol. The van der Waals surface area contributed by atoms with Crippen molar-refractivity contribution >= 4 is 17.0 Å². The smallest absolute Gasteiger partial charge is 0.191 e. The molecule has 3 N–H and O–H groups in total. The Labute approximate surface area is 139 Å². The molecular formula is C18H29N5. The van der Waals surface area contributed by atoms with Gasteiger partial charge in [0.15, 0.2) is 5.96 Å². The van der Waals surface area contributed by atoms with Crippen LogP contribution in [0.1, 0.15) is 39.4 Å². The summed E-state index contributed by atoms with van der Waals surface area (Å²) in [5, 5.41) is 6.67. The van der Waals surface area contributed by atoms with E-state index in [0.717, 1.165) is 61.2 Å². The molecule has 0 unspecified atom stereocenters. The van der Waals surface area contributed by atoms with Gasteiger partial charge in [0.05, 0.1) is 11.0 Å². The molecule has 2 aromatic rings. The molecule has 5 heteroatoms. The molecule has 0 saturated heterocycles. The van der Waals surface area contributed by atoms with Crippen molar-refractivity contribution in [2.24, 2.45) is 10.9 Å². The van der Waals surface area contributed by atoms with Crippen LogP contribution in [-0.2, 0) is 6.42 Å². The fraction of sp³-hybridized carbons (Fsp3) is 0.556. The summed E-state index contributed by atoms with van der Waals surface area (Å²) < 4.78 is 0. The van der Waals surface area contributed by atoms with E-state index in [1.807, 2.05) is 18.2 Å². The molecule has 0 fully saturated rings. The SMILES string of the molecule is CCNC(=NCCCC(C)C)NCCc1nc2ccccc2[nH]1. The molecule has 126 valence electrons. The first kappa shape index (κ1) is 17.3. The molecule has 0 aliphatic carbocycles. The fourth-order valence-electron chi connectivity index (χ4n) is 2.46. The molecule has 1 aromatic heterocycles. The molecule has 0 amide bonds. The number of imidazole rings is 1. The number of hydrogen-bond donors (Lipinski definition) is 3. The molecule has 1 aromatic carbocycles. The van der Waals surface area contributed by atoms with Crippen LogP contribution in [-0.4, -0.2) is 35.6 Å². The van der Waals surface area contributed by atoms with E-state index >= 15 is 0 Å². The number of aliphatic imine (C=N–C) groups is 1. The van der Waals surface area contributed by atoms with Crippen molar-refractivity contribution in [3.05, 3.63) is 30.1 Å². The fourth-order valence-corrected chi connectivity index (χ4v) is 2.46. The lowest BCUT2D eigenvalue weighted by molar-refractivity contribution is 0.560. The minimum atomic E-state index is 0.744. The second-order valence-electron chi connectivity index (χ2n) is 6.17.